The summed E-state index contributed by atoms with van der Waals surface area (Å²) < 4.78 is 0. The molecule has 2 aromatic heterocycles. The van der Waals surface area contributed by atoms with Gasteiger partial charge in [0, 0.05) is 6.92 Å². The van der Waals surface area contributed by atoms with E-state index in [4.69, 9.17) is 0 Å². The van der Waals surface area contributed by atoms with Crippen molar-refractivity contribution in [3.63, 3.8) is 0 Å². The summed E-state index contributed by atoms with van der Waals surface area (Å²) in [4.78, 5) is 24.7. The Labute approximate surface area is 101 Å². The zero-order chi connectivity index (χ0) is 11.8. The zero-order valence-electron chi connectivity index (χ0n) is 8.97. The van der Waals surface area contributed by atoms with E-state index in [0.717, 1.165) is 15.9 Å². The van der Waals surface area contributed by atoms with E-state index in [-0.39, 0.29) is 5.91 Å². The van der Waals surface area contributed by atoms with Gasteiger partial charge in [0.05, 0.1) is 11.0 Å². The number of nitrogens with one attached hydrogen (secondary N) is 1. The molecule has 0 aliphatic heterocycles. The molecule has 6 heteroatoms. The van der Waals surface area contributed by atoms with Gasteiger partial charge in [0.1, 0.15) is 0 Å². The van der Waals surface area contributed by atoms with Crippen molar-refractivity contribution in [2.45, 2.75) is 6.92 Å². The molecule has 0 bridgehead atoms. The third kappa shape index (κ3) is 1.83. The summed E-state index contributed by atoms with van der Waals surface area (Å²) in [7, 11) is 0. The molecule has 5 nitrogen and oxygen atoms in total. The highest BCUT2D eigenvalue weighted by atomic mass is 32.1. The maximum absolute atomic E-state index is 10.9. The third-order valence-electron chi connectivity index (χ3n) is 2.21. The number of carbonyl (C=O) groups excluding carboxylic acids is 1. The monoisotopic (exact) mass is 244 g/mol. The van der Waals surface area contributed by atoms with Crippen molar-refractivity contribution in [1.29, 1.82) is 0 Å². The molecule has 2 heterocycles. The first-order valence-corrected chi connectivity index (χ1v) is 5.85. The molecule has 1 N–H and O–H groups in total. The van der Waals surface area contributed by atoms with Crippen molar-refractivity contribution >= 4 is 43.9 Å². The van der Waals surface area contributed by atoms with Crippen molar-refractivity contribution in [3.8, 4) is 0 Å². The largest absolute Gasteiger partial charge is 0.302 e. The van der Waals surface area contributed by atoms with E-state index in [1.54, 1.807) is 0 Å². The van der Waals surface area contributed by atoms with Crippen LogP contribution in [0.3, 0.4) is 0 Å². The van der Waals surface area contributed by atoms with Gasteiger partial charge in [0.2, 0.25) is 5.91 Å². The van der Waals surface area contributed by atoms with Crippen molar-refractivity contribution in [1.82, 2.24) is 15.0 Å². The zero-order valence-corrected chi connectivity index (χ0v) is 9.78. The molecule has 3 aromatic rings. The Balaban J connectivity index is 2.21. The van der Waals surface area contributed by atoms with E-state index in [2.05, 4.69) is 20.3 Å². The number of anilines is 1. The van der Waals surface area contributed by atoms with E-state index in [0.29, 0.717) is 10.8 Å². The fraction of sp³-hybridized carbons (Fsp3) is 0.0909. The van der Waals surface area contributed by atoms with Gasteiger partial charge in [0.25, 0.3) is 0 Å². The molecule has 0 saturated carbocycles. The fourth-order valence-corrected chi connectivity index (χ4v) is 2.37. The van der Waals surface area contributed by atoms with Crippen LogP contribution in [-0.4, -0.2) is 20.9 Å². The number of hydrogen-bond acceptors (Lipinski definition) is 5. The number of nitrogens with zero attached hydrogens (tertiary/aromatic N) is 3. The number of para-hydroxylation sites is 2. The van der Waals surface area contributed by atoms with Crippen LogP contribution in [0.2, 0.25) is 0 Å². The number of amides is 1. The standard InChI is InChI=1S/C11H8N4OS/c1-6(16)12-11-15-9-10(17-11)14-8-5-3-2-4-7(8)13-9/h2-5H,1H3,(H,12,13,15,16). The van der Waals surface area contributed by atoms with E-state index in [1.807, 2.05) is 24.3 Å². The van der Waals surface area contributed by atoms with E-state index < -0.39 is 0 Å². The van der Waals surface area contributed by atoms with Gasteiger partial charge in [-0.05, 0) is 12.1 Å². The molecule has 1 aromatic carbocycles. The molecule has 0 fully saturated rings. The van der Waals surface area contributed by atoms with Gasteiger partial charge < -0.3 is 5.32 Å². The Bertz CT molecular complexity index is 669. The van der Waals surface area contributed by atoms with E-state index in [9.17, 15) is 4.79 Å². The van der Waals surface area contributed by atoms with Crippen molar-refractivity contribution in [3.05, 3.63) is 24.3 Å². The Hall–Kier alpha value is -2.08. The van der Waals surface area contributed by atoms with Gasteiger partial charge in [-0.2, -0.15) is 4.98 Å². The number of fused-ring (bicyclic) bond motifs is 2. The minimum Gasteiger partial charge on any atom is -0.302 e. The molecule has 0 saturated heterocycles. The van der Waals surface area contributed by atoms with Crippen LogP contribution in [0.5, 0.6) is 0 Å². The highest BCUT2D eigenvalue weighted by Gasteiger charge is 2.08. The predicted molar refractivity (Wildman–Crippen MR) is 67.0 cm³/mol. The lowest BCUT2D eigenvalue weighted by atomic mass is 10.3. The average molecular weight is 244 g/mol. The van der Waals surface area contributed by atoms with Gasteiger partial charge in [0.15, 0.2) is 15.6 Å². The number of aromatic nitrogens is 3. The third-order valence-corrected chi connectivity index (χ3v) is 3.06. The molecule has 84 valence electrons. The van der Waals surface area contributed by atoms with Gasteiger partial charge in [-0.3, -0.25) is 4.79 Å². The molecule has 0 radical (unpaired) electrons. The first-order chi connectivity index (χ1) is 8.22. The Morgan fingerprint density at radius 3 is 2.59 bits per heavy atom. The van der Waals surface area contributed by atoms with Crippen molar-refractivity contribution < 1.29 is 4.79 Å². The van der Waals surface area contributed by atoms with Crippen LogP contribution in [0.1, 0.15) is 6.92 Å². The second-order valence-corrected chi connectivity index (χ2v) is 4.52. The summed E-state index contributed by atoms with van der Waals surface area (Å²) in [5.74, 6) is -0.145. The SMILES string of the molecule is CC(=O)Nc1nc2nc3ccccc3nc2s1. The molecule has 0 aliphatic carbocycles. The van der Waals surface area contributed by atoms with Crippen molar-refractivity contribution in [2.24, 2.45) is 0 Å². The molecule has 3 rings (SSSR count). The molecule has 0 atom stereocenters. The van der Waals surface area contributed by atoms with Gasteiger partial charge >= 0.3 is 0 Å². The maximum Gasteiger partial charge on any atom is 0.223 e. The summed E-state index contributed by atoms with van der Waals surface area (Å²) in [5.41, 5.74) is 2.20. The van der Waals surface area contributed by atoms with Crippen LogP contribution in [0.15, 0.2) is 24.3 Å². The quantitative estimate of drug-likeness (QED) is 0.712. The first kappa shape index (κ1) is 10.1. The second kappa shape index (κ2) is 3.74. The summed E-state index contributed by atoms with van der Waals surface area (Å²) >= 11 is 1.32. The minimum absolute atomic E-state index is 0.145. The number of rotatable bonds is 1. The maximum atomic E-state index is 10.9. The van der Waals surface area contributed by atoms with Crippen LogP contribution in [0.25, 0.3) is 21.5 Å². The minimum atomic E-state index is -0.145. The first-order valence-electron chi connectivity index (χ1n) is 5.03. The second-order valence-electron chi connectivity index (χ2n) is 3.54. The Morgan fingerprint density at radius 1 is 1.18 bits per heavy atom. The number of benzene rings is 1. The topological polar surface area (TPSA) is 67.8 Å². The van der Waals surface area contributed by atoms with Crippen LogP contribution >= 0.6 is 11.3 Å². The summed E-state index contributed by atoms with van der Waals surface area (Å²) in [6.07, 6.45) is 0. The lowest BCUT2D eigenvalue weighted by Gasteiger charge is -1.93. The van der Waals surface area contributed by atoms with Crippen LogP contribution in [-0.2, 0) is 4.79 Å². The number of carbonyl (C=O) groups is 1. The number of thiazole rings is 1. The smallest absolute Gasteiger partial charge is 0.223 e. The predicted octanol–water partition coefficient (Wildman–Crippen LogP) is 2.20. The lowest BCUT2D eigenvalue weighted by Crippen LogP contribution is -2.04. The molecule has 0 spiro atoms. The van der Waals surface area contributed by atoms with Gasteiger partial charge in [-0.15, -0.1) is 0 Å². The highest BCUT2D eigenvalue weighted by Crippen LogP contribution is 2.24. The van der Waals surface area contributed by atoms with Gasteiger partial charge in [-0.25, -0.2) is 9.97 Å². The number of hydrogen-bond donors (Lipinski definition) is 1. The van der Waals surface area contributed by atoms with Crippen LogP contribution < -0.4 is 5.32 Å². The molecule has 0 aliphatic rings. The lowest BCUT2D eigenvalue weighted by molar-refractivity contribution is -0.114. The summed E-state index contributed by atoms with van der Waals surface area (Å²) in [5, 5.41) is 3.17. The Kier molecular flexibility index (Phi) is 2.22. The average Bonchev–Trinajstić information content (AvgIpc) is 2.65. The van der Waals surface area contributed by atoms with E-state index >= 15 is 0 Å². The molecular formula is C11H8N4OS. The molecule has 17 heavy (non-hydrogen) atoms. The molecule has 1 amide bonds. The molecule has 0 unspecified atom stereocenters. The Morgan fingerprint density at radius 2 is 1.88 bits per heavy atom. The summed E-state index contributed by atoms with van der Waals surface area (Å²) in [6.45, 7) is 1.45. The van der Waals surface area contributed by atoms with Crippen LogP contribution in [0.4, 0.5) is 5.13 Å². The van der Waals surface area contributed by atoms with Crippen LogP contribution in [0, 0.1) is 0 Å². The van der Waals surface area contributed by atoms with E-state index in [1.165, 1.54) is 18.3 Å². The van der Waals surface area contributed by atoms with Gasteiger partial charge in [-0.1, -0.05) is 23.5 Å². The van der Waals surface area contributed by atoms with Crippen molar-refractivity contribution in [2.75, 3.05) is 5.32 Å². The fourth-order valence-electron chi connectivity index (χ4n) is 1.53. The molecular weight excluding hydrogens is 236 g/mol. The highest BCUT2D eigenvalue weighted by molar-refractivity contribution is 7.21. The normalized spacial score (nSPS) is 10.9. The summed E-state index contributed by atoms with van der Waals surface area (Å²) in [6, 6.07) is 7.61.